The first-order valence-corrected chi connectivity index (χ1v) is 12.1. The minimum Gasteiger partial charge on any atom is -0.480 e. The average molecular weight is 489 g/mol. The first kappa shape index (κ1) is 24.2. The van der Waals surface area contributed by atoms with Crippen molar-refractivity contribution in [3.63, 3.8) is 0 Å². The van der Waals surface area contributed by atoms with Crippen LogP contribution in [0.1, 0.15) is 37.5 Å². The maximum atomic E-state index is 12.9. The number of anilines is 1. The minimum absolute atomic E-state index is 0.202. The van der Waals surface area contributed by atoms with E-state index in [4.69, 9.17) is 0 Å². The molecule has 0 aliphatic carbocycles. The Morgan fingerprint density at radius 1 is 1.06 bits per heavy atom. The third-order valence-electron chi connectivity index (χ3n) is 5.78. The van der Waals surface area contributed by atoms with Gasteiger partial charge in [-0.15, -0.1) is 11.3 Å². The van der Waals surface area contributed by atoms with E-state index in [1.54, 1.807) is 23.7 Å². The van der Waals surface area contributed by atoms with Crippen LogP contribution in [0.3, 0.4) is 0 Å². The second-order valence-corrected chi connectivity index (χ2v) is 9.76. The Bertz CT molecular complexity index is 1300. The van der Waals surface area contributed by atoms with Crippen LogP contribution in [0.15, 0.2) is 60.9 Å². The highest BCUT2D eigenvalue weighted by Crippen LogP contribution is 2.29. The highest BCUT2D eigenvalue weighted by atomic mass is 32.1. The van der Waals surface area contributed by atoms with Crippen LogP contribution in [0.25, 0.3) is 10.4 Å². The van der Waals surface area contributed by atoms with Gasteiger partial charge in [-0.2, -0.15) is 0 Å². The maximum absolute atomic E-state index is 12.9. The van der Waals surface area contributed by atoms with E-state index >= 15 is 0 Å². The molecule has 4 N–H and O–H groups in total. The summed E-state index contributed by atoms with van der Waals surface area (Å²) in [7, 11) is 0. The number of carboxylic acids is 1. The van der Waals surface area contributed by atoms with Crippen LogP contribution in [0.4, 0.5) is 5.95 Å². The largest absolute Gasteiger partial charge is 0.480 e. The molecule has 8 heteroatoms. The zero-order valence-electron chi connectivity index (χ0n) is 19.9. The Morgan fingerprint density at radius 2 is 1.77 bits per heavy atom. The zero-order valence-corrected chi connectivity index (χ0v) is 20.7. The molecule has 0 aliphatic heterocycles. The summed E-state index contributed by atoms with van der Waals surface area (Å²) in [6, 6.07) is 14.8. The van der Waals surface area contributed by atoms with Crippen LogP contribution < -0.4 is 10.6 Å². The van der Waals surface area contributed by atoms with Crippen molar-refractivity contribution in [2.75, 3.05) is 5.32 Å². The number of aliphatic carboxylic acids is 1. The molecule has 1 unspecified atom stereocenters. The number of nitrogens with zero attached hydrogens (tertiary/aromatic N) is 1. The molecule has 4 aromatic rings. The number of carbonyl (C=O) groups is 2. The molecule has 2 heterocycles. The summed E-state index contributed by atoms with van der Waals surface area (Å²) in [5, 5.41) is 15.7. The van der Waals surface area contributed by atoms with E-state index < -0.39 is 12.0 Å². The van der Waals surface area contributed by atoms with E-state index in [9.17, 15) is 14.7 Å². The Morgan fingerprint density at radius 3 is 2.40 bits per heavy atom. The predicted octanol–water partition coefficient (Wildman–Crippen LogP) is 5.10. The second-order valence-electron chi connectivity index (χ2n) is 8.60. The standard InChI is InChI=1S/C27H28N4O3S/c1-16-12-17(2)24(18(3)13-16)25(32)31-22(26(33)34)14-19-4-6-20(7-5-19)23-9-8-21(35-23)15-30-27-28-10-11-29-27/h4-13,22H,14-15H2,1-3H3,(H,31,32)(H,33,34)(H2,28,29,30). The lowest BCUT2D eigenvalue weighted by Gasteiger charge is -2.17. The van der Waals surface area contributed by atoms with Crippen molar-refractivity contribution in [1.29, 1.82) is 0 Å². The molecule has 0 aliphatic rings. The van der Waals surface area contributed by atoms with Gasteiger partial charge in [0.05, 0.1) is 6.54 Å². The van der Waals surface area contributed by atoms with Gasteiger partial charge in [0.25, 0.3) is 5.91 Å². The highest BCUT2D eigenvalue weighted by molar-refractivity contribution is 7.15. The first-order chi connectivity index (χ1) is 16.8. The molecule has 0 saturated carbocycles. The maximum Gasteiger partial charge on any atom is 0.326 e. The SMILES string of the molecule is Cc1cc(C)c(C(=O)NC(Cc2ccc(-c3ccc(CNc4ncc[nH]4)s3)cc2)C(=O)O)c(C)c1. The van der Waals surface area contributed by atoms with Crippen LogP contribution >= 0.6 is 11.3 Å². The molecule has 0 bridgehead atoms. The van der Waals surface area contributed by atoms with Gasteiger partial charge in [-0.05, 0) is 55.2 Å². The number of hydrogen-bond acceptors (Lipinski definition) is 5. The first-order valence-electron chi connectivity index (χ1n) is 11.3. The van der Waals surface area contributed by atoms with Gasteiger partial charge >= 0.3 is 5.97 Å². The van der Waals surface area contributed by atoms with Crippen molar-refractivity contribution in [3.05, 3.63) is 93.6 Å². The lowest BCUT2D eigenvalue weighted by atomic mass is 9.98. The number of rotatable bonds is 9. The molecular weight excluding hydrogens is 460 g/mol. The Labute approximate surface area is 208 Å². The van der Waals surface area contributed by atoms with E-state index in [-0.39, 0.29) is 12.3 Å². The summed E-state index contributed by atoms with van der Waals surface area (Å²) in [6.07, 6.45) is 3.68. The minimum atomic E-state index is -1.06. The number of aromatic amines is 1. The molecule has 4 rings (SSSR count). The fourth-order valence-corrected chi connectivity index (χ4v) is 5.12. The van der Waals surface area contributed by atoms with Crippen molar-refractivity contribution in [3.8, 4) is 10.4 Å². The fourth-order valence-electron chi connectivity index (χ4n) is 4.17. The molecular formula is C27H28N4O3S. The summed E-state index contributed by atoms with van der Waals surface area (Å²) in [5.74, 6) is -0.688. The summed E-state index contributed by atoms with van der Waals surface area (Å²) in [5.41, 5.74) is 5.18. The average Bonchev–Trinajstić information content (AvgIpc) is 3.49. The number of aryl methyl sites for hydroxylation is 3. The number of benzene rings is 2. The number of carbonyl (C=O) groups excluding carboxylic acids is 1. The number of imidazole rings is 1. The summed E-state index contributed by atoms with van der Waals surface area (Å²) < 4.78 is 0. The summed E-state index contributed by atoms with van der Waals surface area (Å²) >= 11 is 1.69. The molecule has 0 radical (unpaired) electrons. The van der Waals surface area contributed by atoms with Gasteiger partial charge in [0.1, 0.15) is 6.04 Å². The summed E-state index contributed by atoms with van der Waals surface area (Å²) in [6.45, 7) is 6.38. The van der Waals surface area contributed by atoms with Gasteiger partial charge in [-0.3, -0.25) is 4.79 Å². The fraction of sp³-hybridized carbons (Fsp3) is 0.222. The third-order valence-corrected chi connectivity index (χ3v) is 6.91. The number of H-pyrrole nitrogens is 1. The van der Waals surface area contributed by atoms with Gasteiger partial charge in [-0.1, -0.05) is 42.0 Å². The van der Waals surface area contributed by atoms with E-state index in [0.717, 1.165) is 38.6 Å². The molecule has 35 heavy (non-hydrogen) atoms. The van der Waals surface area contributed by atoms with E-state index in [2.05, 4.69) is 32.7 Å². The van der Waals surface area contributed by atoms with E-state index in [1.165, 1.54) is 4.88 Å². The molecule has 0 spiro atoms. The van der Waals surface area contributed by atoms with Gasteiger partial charge in [0.15, 0.2) is 5.95 Å². The second kappa shape index (κ2) is 10.6. The topological polar surface area (TPSA) is 107 Å². The van der Waals surface area contributed by atoms with Crippen molar-refractivity contribution in [2.24, 2.45) is 0 Å². The highest BCUT2D eigenvalue weighted by Gasteiger charge is 2.23. The molecule has 1 atom stereocenters. The van der Waals surface area contributed by atoms with Gasteiger partial charge in [0.2, 0.25) is 0 Å². The van der Waals surface area contributed by atoms with E-state index in [0.29, 0.717) is 12.1 Å². The Kier molecular flexibility index (Phi) is 7.31. The molecule has 2 aromatic heterocycles. The van der Waals surface area contributed by atoms with Crippen molar-refractivity contribution < 1.29 is 14.7 Å². The van der Waals surface area contributed by atoms with E-state index in [1.807, 2.05) is 57.2 Å². The van der Waals surface area contributed by atoms with Crippen LogP contribution in [0, 0.1) is 20.8 Å². The van der Waals surface area contributed by atoms with Crippen molar-refractivity contribution in [1.82, 2.24) is 15.3 Å². The predicted molar refractivity (Wildman–Crippen MR) is 139 cm³/mol. The monoisotopic (exact) mass is 488 g/mol. The zero-order chi connectivity index (χ0) is 24.9. The Hall–Kier alpha value is -3.91. The smallest absolute Gasteiger partial charge is 0.326 e. The van der Waals surface area contributed by atoms with Gasteiger partial charge < -0.3 is 20.7 Å². The lowest BCUT2D eigenvalue weighted by molar-refractivity contribution is -0.139. The molecule has 7 nitrogen and oxygen atoms in total. The molecule has 0 saturated heterocycles. The number of carboxylic acid groups (broad SMARTS) is 1. The summed E-state index contributed by atoms with van der Waals surface area (Å²) in [4.78, 5) is 34.3. The van der Waals surface area contributed by atoms with Gasteiger partial charge in [-0.25, -0.2) is 9.78 Å². The lowest BCUT2D eigenvalue weighted by Crippen LogP contribution is -2.42. The van der Waals surface area contributed by atoms with Crippen LogP contribution in [0.5, 0.6) is 0 Å². The number of nitrogens with one attached hydrogen (secondary N) is 3. The molecule has 2 aromatic carbocycles. The number of amides is 1. The van der Waals surface area contributed by atoms with Crippen LogP contribution in [-0.2, 0) is 17.8 Å². The third kappa shape index (κ3) is 5.96. The van der Waals surface area contributed by atoms with Gasteiger partial charge in [0, 0.05) is 34.1 Å². The van der Waals surface area contributed by atoms with Crippen LogP contribution in [0.2, 0.25) is 0 Å². The quantitative estimate of drug-likeness (QED) is 0.262. The van der Waals surface area contributed by atoms with Crippen LogP contribution in [-0.4, -0.2) is 33.0 Å². The number of thiophene rings is 1. The number of aromatic nitrogens is 2. The van der Waals surface area contributed by atoms with Crippen molar-refractivity contribution >= 4 is 29.2 Å². The molecule has 0 fully saturated rings. The Balaban J connectivity index is 1.41. The molecule has 1 amide bonds. The normalized spacial score (nSPS) is 11.7. The molecule has 180 valence electrons. The van der Waals surface area contributed by atoms with Crippen molar-refractivity contribution in [2.45, 2.75) is 39.8 Å². The number of hydrogen-bond donors (Lipinski definition) is 4.